The lowest BCUT2D eigenvalue weighted by Crippen LogP contribution is -2.10. The highest BCUT2D eigenvalue weighted by Crippen LogP contribution is 2.19. The molecule has 2 N–H and O–H groups in total. The third kappa shape index (κ3) is 1.61. The maximum atomic E-state index is 5.97. The second-order valence-electron chi connectivity index (χ2n) is 2.86. The SMILES string of the molecule is Cn1cnc(C(N)c2ccns2)c1. The molecule has 68 valence electrons. The van der Waals surface area contributed by atoms with Gasteiger partial charge in [0.1, 0.15) is 0 Å². The highest BCUT2D eigenvalue weighted by atomic mass is 32.1. The summed E-state index contributed by atoms with van der Waals surface area (Å²) >= 11 is 1.41. The van der Waals surface area contributed by atoms with Crippen molar-refractivity contribution in [1.29, 1.82) is 0 Å². The third-order valence-corrected chi connectivity index (χ3v) is 2.64. The number of nitrogens with zero attached hydrogens (tertiary/aromatic N) is 3. The molecule has 4 nitrogen and oxygen atoms in total. The molecule has 0 bridgehead atoms. The van der Waals surface area contributed by atoms with Gasteiger partial charge in [-0.25, -0.2) is 9.36 Å². The average molecular weight is 194 g/mol. The van der Waals surface area contributed by atoms with Gasteiger partial charge in [-0.05, 0) is 17.6 Å². The minimum Gasteiger partial charge on any atom is -0.340 e. The van der Waals surface area contributed by atoms with Crippen LogP contribution in [-0.4, -0.2) is 13.9 Å². The number of imidazole rings is 1. The minimum absolute atomic E-state index is 0.145. The third-order valence-electron chi connectivity index (χ3n) is 1.81. The molecule has 0 spiro atoms. The van der Waals surface area contributed by atoms with Crippen molar-refractivity contribution >= 4 is 11.5 Å². The fourth-order valence-electron chi connectivity index (χ4n) is 1.13. The van der Waals surface area contributed by atoms with Crippen molar-refractivity contribution in [2.75, 3.05) is 0 Å². The van der Waals surface area contributed by atoms with Crippen molar-refractivity contribution in [1.82, 2.24) is 13.9 Å². The Bertz CT molecular complexity index is 379. The van der Waals surface area contributed by atoms with Gasteiger partial charge in [0.15, 0.2) is 0 Å². The fraction of sp³-hybridized carbons (Fsp3) is 0.250. The van der Waals surface area contributed by atoms with Gasteiger partial charge in [0.05, 0.1) is 18.1 Å². The first-order chi connectivity index (χ1) is 6.27. The molecular weight excluding hydrogens is 184 g/mol. The van der Waals surface area contributed by atoms with Crippen LogP contribution in [0.1, 0.15) is 16.6 Å². The summed E-state index contributed by atoms with van der Waals surface area (Å²) in [6.07, 6.45) is 5.42. The maximum absolute atomic E-state index is 5.97. The van der Waals surface area contributed by atoms with E-state index in [1.807, 2.05) is 23.9 Å². The van der Waals surface area contributed by atoms with Crippen LogP contribution < -0.4 is 5.73 Å². The Morgan fingerprint density at radius 1 is 1.62 bits per heavy atom. The molecule has 2 rings (SSSR count). The van der Waals surface area contributed by atoms with Crippen molar-refractivity contribution in [3.05, 3.63) is 35.4 Å². The van der Waals surface area contributed by atoms with Crippen LogP contribution in [-0.2, 0) is 7.05 Å². The van der Waals surface area contributed by atoms with E-state index in [1.165, 1.54) is 11.5 Å². The Balaban J connectivity index is 2.28. The fourth-order valence-corrected chi connectivity index (χ4v) is 1.72. The highest BCUT2D eigenvalue weighted by Gasteiger charge is 2.12. The van der Waals surface area contributed by atoms with Crippen LogP contribution in [0.5, 0.6) is 0 Å². The molecule has 2 aromatic heterocycles. The van der Waals surface area contributed by atoms with Gasteiger partial charge in [0.2, 0.25) is 0 Å². The summed E-state index contributed by atoms with van der Waals surface area (Å²) in [6.45, 7) is 0. The second kappa shape index (κ2) is 3.27. The molecule has 0 saturated heterocycles. The number of hydrogen-bond acceptors (Lipinski definition) is 4. The van der Waals surface area contributed by atoms with Gasteiger partial charge in [0, 0.05) is 24.3 Å². The lowest BCUT2D eigenvalue weighted by atomic mass is 10.2. The topological polar surface area (TPSA) is 56.7 Å². The van der Waals surface area contributed by atoms with E-state index in [4.69, 9.17) is 5.73 Å². The summed E-state index contributed by atoms with van der Waals surface area (Å²) in [6, 6.07) is 1.78. The second-order valence-corrected chi connectivity index (χ2v) is 3.72. The van der Waals surface area contributed by atoms with Crippen molar-refractivity contribution in [2.24, 2.45) is 12.8 Å². The first-order valence-electron chi connectivity index (χ1n) is 3.91. The summed E-state index contributed by atoms with van der Waals surface area (Å²) in [5.74, 6) is 0. The van der Waals surface area contributed by atoms with Gasteiger partial charge >= 0.3 is 0 Å². The molecule has 0 saturated carbocycles. The molecule has 1 unspecified atom stereocenters. The van der Waals surface area contributed by atoms with Crippen molar-refractivity contribution in [3.8, 4) is 0 Å². The molecule has 5 heteroatoms. The van der Waals surface area contributed by atoms with Crippen LogP contribution in [0, 0.1) is 0 Å². The largest absolute Gasteiger partial charge is 0.340 e. The van der Waals surface area contributed by atoms with Gasteiger partial charge in [-0.2, -0.15) is 0 Å². The van der Waals surface area contributed by atoms with Gasteiger partial charge < -0.3 is 10.3 Å². The van der Waals surface area contributed by atoms with E-state index in [-0.39, 0.29) is 6.04 Å². The maximum Gasteiger partial charge on any atom is 0.0947 e. The summed E-state index contributed by atoms with van der Waals surface area (Å²) < 4.78 is 5.89. The summed E-state index contributed by atoms with van der Waals surface area (Å²) in [4.78, 5) is 5.23. The zero-order valence-corrected chi connectivity index (χ0v) is 8.03. The smallest absolute Gasteiger partial charge is 0.0947 e. The van der Waals surface area contributed by atoms with Crippen LogP contribution >= 0.6 is 11.5 Å². The lowest BCUT2D eigenvalue weighted by Gasteiger charge is -2.03. The molecule has 0 radical (unpaired) electrons. The van der Waals surface area contributed by atoms with Crippen LogP contribution in [0.3, 0.4) is 0 Å². The minimum atomic E-state index is -0.145. The number of nitrogens with two attached hydrogens (primary N) is 1. The van der Waals surface area contributed by atoms with Gasteiger partial charge in [-0.3, -0.25) is 0 Å². The first kappa shape index (κ1) is 8.40. The Hall–Kier alpha value is -1.20. The van der Waals surface area contributed by atoms with Crippen LogP contribution in [0.25, 0.3) is 0 Å². The van der Waals surface area contributed by atoms with Gasteiger partial charge in [-0.1, -0.05) is 0 Å². The Kier molecular flexibility index (Phi) is 2.12. The molecule has 0 aromatic carbocycles. The van der Waals surface area contributed by atoms with Crippen LogP contribution in [0.4, 0.5) is 0 Å². The zero-order valence-electron chi connectivity index (χ0n) is 7.21. The van der Waals surface area contributed by atoms with Gasteiger partial charge in [0.25, 0.3) is 0 Å². The quantitative estimate of drug-likeness (QED) is 0.773. The van der Waals surface area contributed by atoms with Crippen molar-refractivity contribution < 1.29 is 0 Å². The average Bonchev–Trinajstić information content (AvgIpc) is 2.72. The molecule has 0 fully saturated rings. The Morgan fingerprint density at radius 3 is 3.00 bits per heavy atom. The van der Waals surface area contributed by atoms with Crippen molar-refractivity contribution in [3.63, 3.8) is 0 Å². The number of aryl methyl sites for hydroxylation is 1. The molecule has 0 aliphatic heterocycles. The molecule has 13 heavy (non-hydrogen) atoms. The highest BCUT2D eigenvalue weighted by molar-refractivity contribution is 7.05. The number of aromatic nitrogens is 3. The first-order valence-corrected chi connectivity index (χ1v) is 4.69. The van der Waals surface area contributed by atoms with E-state index in [2.05, 4.69) is 9.36 Å². The van der Waals surface area contributed by atoms with E-state index in [0.29, 0.717) is 0 Å². The normalized spacial score (nSPS) is 13.1. The van der Waals surface area contributed by atoms with E-state index in [1.54, 1.807) is 12.5 Å². The van der Waals surface area contributed by atoms with E-state index < -0.39 is 0 Å². The standard InChI is InChI=1S/C8H10N4S/c1-12-4-6(10-5-12)8(9)7-2-3-11-13-7/h2-5,8H,9H2,1H3. The molecule has 0 aliphatic carbocycles. The summed E-state index contributed by atoms with van der Waals surface area (Å²) in [5, 5.41) is 0. The van der Waals surface area contributed by atoms with Crippen LogP contribution in [0.15, 0.2) is 24.8 Å². The molecule has 2 aromatic rings. The summed E-state index contributed by atoms with van der Waals surface area (Å²) in [5.41, 5.74) is 6.85. The number of hydrogen-bond donors (Lipinski definition) is 1. The lowest BCUT2D eigenvalue weighted by molar-refractivity contribution is 0.852. The van der Waals surface area contributed by atoms with Crippen molar-refractivity contribution in [2.45, 2.75) is 6.04 Å². The Morgan fingerprint density at radius 2 is 2.46 bits per heavy atom. The molecule has 0 amide bonds. The van der Waals surface area contributed by atoms with E-state index in [0.717, 1.165) is 10.6 Å². The van der Waals surface area contributed by atoms with Gasteiger partial charge in [-0.15, -0.1) is 0 Å². The Labute approximate surface area is 80.2 Å². The predicted octanol–water partition coefficient (Wildman–Crippen LogP) is 0.925. The van der Waals surface area contributed by atoms with E-state index in [9.17, 15) is 0 Å². The predicted molar refractivity (Wildman–Crippen MR) is 51.4 cm³/mol. The van der Waals surface area contributed by atoms with E-state index >= 15 is 0 Å². The zero-order chi connectivity index (χ0) is 9.26. The molecule has 2 heterocycles. The monoisotopic (exact) mass is 194 g/mol. The molecule has 1 atom stereocenters. The summed E-state index contributed by atoms with van der Waals surface area (Å²) in [7, 11) is 1.93. The molecule has 0 aliphatic rings. The number of rotatable bonds is 2. The van der Waals surface area contributed by atoms with Crippen LogP contribution in [0.2, 0.25) is 0 Å². The molecular formula is C8H10N4S.